The molecule has 1 nitrogen and oxygen atoms in total. The van der Waals surface area contributed by atoms with Crippen LogP contribution in [0.1, 0.15) is 24.8 Å². The molecule has 1 aliphatic rings. The Labute approximate surface area is 97.0 Å². The van der Waals surface area contributed by atoms with Gasteiger partial charge in [0.15, 0.2) is 0 Å². The molecule has 0 amide bonds. The average Bonchev–Trinajstić information content (AvgIpc) is 2.33. The van der Waals surface area contributed by atoms with Crippen molar-refractivity contribution in [2.75, 3.05) is 0 Å². The second kappa shape index (κ2) is 4.84. The van der Waals surface area contributed by atoms with Gasteiger partial charge in [-0.1, -0.05) is 55.5 Å². The highest BCUT2D eigenvalue weighted by molar-refractivity contribution is 5.36. The van der Waals surface area contributed by atoms with Gasteiger partial charge in [-0.3, -0.25) is 0 Å². The predicted molar refractivity (Wildman–Crippen MR) is 69.0 cm³/mol. The molecule has 0 bridgehead atoms. The molecule has 1 unspecified atom stereocenters. The van der Waals surface area contributed by atoms with Crippen molar-refractivity contribution in [3.8, 4) is 0 Å². The van der Waals surface area contributed by atoms with E-state index in [1.165, 1.54) is 11.1 Å². The number of allylic oxidation sites excluding steroid dienone is 5. The molecule has 0 saturated heterocycles. The Morgan fingerprint density at radius 1 is 1.19 bits per heavy atom. The normalized spacial score (nSPS) is 19.6. The molecular weight excluding hydrogens is 194 g/mol. The molecule has 1 aromatic rings. The molecule has 1 aliphatic carbocycles. The van der Waals surface area contributed by atoms with Crippen molar-refractivity contribution < 1.29 is 0 Å². The van der Waals surface area contributed by atoms with Crippen LogP contribution in [0.2, 0.25) is 0 Å². The molecule has 0 saturated carbocycles. The Bertz CT molecular complexity index is 438. The summed E-state index contributed by atoms with van der Waals surface area (Å²) < 4.78 is 0. The molecule has 2 rings (SSSR count). The van der Waals surface area contributed by atoms with Crippen molar-refractivity contribution in [1.29, 1.82) is 0 Å². The van der Waals surface area contributed by atoms with Crippen LogP contribution in [0.3, 0.4) is 0 Å². The zero-order valence-electron chi connectivity index (χ0n) is 9.56. The molecule has 0 fully saturated rings. The van der Waals surface area contributed by atoms with E-state index in [9.17, 15) is 0 Å². The van der Waals surface area contributed by atoms with Crippen molar-refractivity contribution in [1.82, 2.24) is 0 Å². The summed E-state index contributed by atoms with van der Waals surface area (Å²) in [6.45, 7) is 2.22. The van der Waals surface area contributed by atoms with Crippen molar-refractivity contribution in [2.24, 2.45) is 5.73 Å². The fourth-order valence-electron chi connectivity index (χ4n) is 1.87. The number of nitrogens with two attached hydrogens (primary N) is 1. The highest BCUT2D eigenvalue weighted by Gasteiger charge is 2.04. The summed E-state index contributed by atoms with van der Waals surface area (Å²) in [5.41, 5.74) is 9.24. The Balaban J connectivity index is 2.11. The van der Waals surface area contributed by atoms with Gasteiger partial charge in [-0.15, -0.1) is 0 Å². The summed E-state index contributed by atoms with van der Waals surface area (Å²) in [6.07, 6.45) is 9.37. The van der Waals surface area contributed by atoms with E-state index < -0.39 is 0 Å². The predicted octanol–water partition coefficient (Wildman–Crippen LogP) is 3.52. The molecule has 16 heavy (non-hydrogen) atoms. The minimum atomic E-state index is 0.452. The van der Waals surface area contributed by atoms with E-state index in [2.05, 4.69) is 49.4 Å². The molecule has 0 radical (unpaired) electrons. The van der Waals surface area contributed by atoms with E-state index in [4.69, 9.17) is 5.73 Å². The first-order valence-corrected chi connectivity index (χ1v) is 5.65. The van der Waals surface area contributed by atoms with Gasteiger partial charge in [0.25, 0.3) is 0 Å². The molecule has 0 spiro atoms. The van der Waals surface area contributed by atoms with Gasteiger partial charge in [-0.25, -0.2) is 0 Å². The topological polar surface area (TPSA) is 26.0 Å². The Morgan fingerprint density at radius 2 is 1.94 bits per heavy atom. The SMILES string of the molecule is CC(C=C1C=CC(N)=CC1)c1ccccc1. The summed E-state index contributed by atoms with van der Waals surface area (Å²) in [5.74, 6) is 0.452. The van der Waals surface area contributed by atoms with Gasteiger partial charge in [0.1, 0.15) is 0 Å². The Hall–Kier alpha value is -1.76. The number of hydrogen-bond donors (Lipinski definition) is 1. The first kappa shape index (κ1) is 10.7. The number of benzene rings is 1. The molecule has 1 atom stereocenters. The van der Waals surface area contributed by atoms with Crippen LogP contribution in [0.15, 0.2) is 65.9 Å². The maximum Gasteiger partial charge on any atom is 0.0276 e. The van der Waals surface area contributed by atoms with Crippen LogP contribution in [0.5, 0.6) is 0 Å². The first-order valence-electron chi connectivity index (χ1n) is 5.65. The number of hydrogen-bond acceptors (Lipinski definition) is 1. The van der Waals surface area contributed by atoms with Gasteiger partial charge in [0, 0.05) is 5.70 Å². The minimum absolute atomic E-state index is 0.452. The molecule has 1 aromatic carbocycles. The van der Waals surface area contributed by atoms with Gasteiger partial charge in [0.2, 0.25) is 0 Å². The van der Waals surface area contributed by atoms with E-state index >= 15 is 0 Å². The highest BCUT2D eigenvalue weighted by Crippen LogP contribution is 2.21. The van der Waals surface area contributed by atoms with Crippen molar-refractivity contribution in [3.05, 3.63) is 71.5 Å². The van der Waals surface area contributed by atoms with Crippen LogP contribution in [0, 0.1) is 0 Å². The lowest BCUT2D eigenvalue weighted by molar-refractivity contribution is 0.949. The van der Waals surface area contributed by atoms with Gasteiger partial charge in [-0.2, -0.15) is 0 Å². The second-order valence-corrected chi connectivity index (χ2v) is 4.18. The molecule has 0 aromatic heterocycles. The molecule has 0 aliphatic heterocycles. The lowest BCUT2D eigenvalue weighted by Gasteiger charge is -2.10. The van der Waals surface area contributed by atoms with Crippen LogP contribution in [-0.2, 0) is 0 Å². The molecule has 82 valence electrons. The van der Waals surface area contributed by atoms with Crippen LogP contribution in [-0.4, -0.2) is 0 Å². The van der Waals surface area contributed by atoms with Crippen molar-refractivity contribution in [3.63, 3.8) is 0 Å². The van der Waals surface area contributed by atoms with Crippen LogP contribution < -0.4 is 5.73 Å². The zero-order chi connectivity index (χ0) is 11.4. The molecule has 0 heterocycles. The van der Waals surface area contributed by atoms with Crippen LogP contribution >= 0.6 is 0 Å². The third-order valence-electron chi connectivity index (χ3n) is 2.85. The van der Waals surface area contributed by atoms with E-state index in [-0.39, 0.29) is 0 Å². The summed E-state index contributed by atoms with van der Waals surface area (Å²) in [6, 6.07) is 10.5. The van der Waals surface area contributed by atoms with Crippen molar-refractivity contribution >= 4 is 0 Å². The Morgan fingerprint density at radius 3 is 2.56 bits per heavy atom. The van der Waals surface area contributed by atoms with Gasteiger partial charge in [-0.05, 0) is 29.6 Å². The summed E-state index contributed by atoms with van der Waals surface area (Å²) in [5, 5.41) is 0. The summed E-state index contributed by atoms with van der Waals surface area (Å²) in [7, 11) is 0. The maximum absolute atomic E-state index is 5.69. The number of rotatable bonds is 2. The first-order chi connectivity index (χ1) is 7.75. The Kier molecular flexibility index (Phi) is 3.25. The highest BCUT2D eigenvalue weighted by atomic mass is 14.6. The van der Waals surface area contributed by atoms with Gasteiger partial charge >= 0.3 is 0 Å². The zero-order valence-corrected chi connectivity index (χ0v) is 9.56. The van der Waals surface area contributed by atoms with Crippen LogP contribution in [0.25, 0.3) is 0 Å². The van der Waals surface area contributed by atoms with E-state index in [1.54, 1.807) is 0 Å². The smallest absolute Gasteiger partial charge is 0.0276 e. The van der Waals surface area contributed by atoms with Gasteiger partial charge in [0.05, 0.1) is 0 Å². The third-order valence-corrected chi connectivity index (χ3v) is 2.85. The fraction of sp³-hybridized carbons (Fsp3) is 0.200. The molecular formula is C15H17N. The largest absolute Gasteiger partial charge is 0.399 e. The summed E-state index contributed by atoms with van der Waals surface area (Å²) in [4.78, 5) is 0. The second-order valence-electron chi connectivity index (χ2n) is 4.18. The fourth-order valence-corrected chi connectivity index (χ4v) is 1.87. The summed E-state index contributed by atoms with van der Waals surface area (Å²) >= 11 is 0. The van der Waals surface area contributed by atoms with Crippen molar-refractivity contribution in [2.45, 2.75) is 19.3 Å². The van der Waals surface area contributed by atoms with E-state index in [0.717, 1.165) is 12.1 Å². The van der Waals surface area contributed by atoms with E-state index in [1.807, 2.05) is 12.1 Å². The third kappa shape index (κ3) is 2.63. The lowest BCUT2D eigenvalue weighted by atomic mass is 9.95. The quantitative estimate of drug-likeness (QED) is 0.795. The van der Waals surface area contributed by atoms with Crippen LogP contribution in [0.4, 0.5) is 0 Å². The van der Waals surface area contributed by atoms with Gasteiger partial charge < -0.3 is 5.73 Å². The molecule has 1 heteroatoms. The lowest BCUT2D eigenvalue weighted by Crippen LogP contribution is -1.98. The average molecular weight is 211 g/mol. The monoisotopic (exact) mass is 211 g/mol. The maximum atomic E-state index is 5.69. The minimum Gasteiger partial charge on any atom is -0.399 e. The standard InChI is InChI=1S/C15H17N/c1-12(14-5-3-2-4-6-14)11-13-7-9-15(16)10-8-13/h2-7,9-12H,8,16H2,1H3. The molecule has 2 N–H and O–H groups in total. The van der Waals surface area contributed by atoms with E-state index in [0.29, 0.717) is 5.92 Å².